The minimum absolute atomic E-state index is 0.0258. The lowest BCUT2D eigenvalue weighted by Gasteiger charge is -2.22. The van der Waals surface area contributed by atoms with Gasteiger partial charge < -0.3 is 35.4 Å². The summed E-state index contributed by atoms with van der Waals surface area (Å²) < 4.78 is 0. The fourth-order valence-corrected chi connectivity index (χ4v) is 0.618. The average Bonchev–Trinajstić information content (AvgIpc) is 2.24. The van der Waals surface area contributed by atoms with Crippen LogP contribution >= 0.6 is 0 Å². The maximum Gasteiger partial charge on any atom is 0.151 e. The Balaban J connectivity index is 0. The highest BCUT2D eigenvalue weighted by Crippen LogP contribution is 2.02. The van der Waals surface area contributed by atoms with Crippen LogP contribution in [0.25, 0.3) is 0 Å². The van der Waals surface area contributed by atoms with E-state index in [-0.39, 0.29) is 12.4 Å². The summed E-state index contributed by atoms with van der Waals surface area (Å²) in [6.45, 7) is 2.68. The largest absolute Gasteiger partial charge is 0.394 e. The lowest BCUT2D eigenvalue weighted by Crippen LogP contribution is -2.46. The summed E-state index contributed by atoms with van der Waals surface area (Å²) in [5, 5.41) is 51.6. The quantitative estimate of drug-likeness (QED) is 0.282. The maximum absolute atomic E-state index is 9.90. The van der Waals surface area contributed by atoms with Gasteiger partial charge in [0.1, 0.15) is 24.4 Å². The van der Waals surface area contributed by atoms with E-state index in [1.807, 2.05) is 0 Å². The van der Waals surface area contributed by atoms with Crippen molar-refractivity contribution in [1.82, 2.24) is 0 Å². The van der Waals surface area contributed by atoms with E-state index in [0.29, 0.717) is 0 Å². The van der Waals surface area contributed by atoms with Crippen LogP contribution in [-0.2, 0) is 4.79 Å². The Morgan fingerprint density at radius 2 is 1.38 bits per heavy atom. The van der Waals surface area contributed by atoms with Crippen molar-refractivity contribution in [3.05, 3.63) is 0 Å². The first-order valence-electron chi connectivity index (χ1n) is 4.74. The molecule has 0 spiro atoms. The smallest absolute Gasteiger partial charge is 0.151 e. The van der Waals surface area contributed by atoms with E-state index in [1.165, 1.54) is 0 Å². The van der Waals surface area contributed by atoms with Gasteiger partial charge in [0.2, 0.25) is 0 Å². The normalized spacial score (nSPS) is 18.1. The van der Waals surface area contributed by atoms with Gasteiger partial charge in [-0.15, -0.1) is 0 Å². The molecule has 0 aromatic heterocycles. The standard InChI is InChI=1S/C6H12O6.C3H8O/c7-1-3(9)5(11)6(12)4(10)2-8;1-3(2)4/h1,3-6,8-12H,2H2;3-4H,1-2H3/t3-,4+,5+,6+;/m0./s1. The summed E-state index contributed by atoms with van der Waals surface area (Å²) in [6, 6.07) is 0. The number of hydrogen-bond donors (Lipinski definition) is 6. The molecule has 4 atom stereocenters. The number of aliphatic hydroxyl groups is 6. The summed E-state index contributed by atoms with van der Waals surface area (Å²) in [5.41, 5.74) is 0. The molecule has 7 nitrogen and oxygen atoms in total. The Bertz CT molecular complexity index is 170. The first-order valence-corrected chi connectivity index (χ1v) is 4.74. The second-order valence-electron chi connectivity index (χ2n) is 3.45. The summed E-state index contributed by atoms with van der Waals surface area (Å²) in [5.74, 6) is 0. The number of rotatable bonds is 5. The third kappa shape index (κ3) is 8.72. The van der Waals surface area contributed by atoms with Gasteiger partial charge in [-0.05, 0) is 13.8 Å². The van der Waals surface area contributed by atoms with Crippen LogP contribution in [-0.4, -0.2) is 74.1 Å². The molecule has 98 valence electrons. The lowest BCUT2D eigenvalue weighted by molar-refractivity contribution is -0.136. The van der Waals surface area contributed by atoms with Gasteiger partial charge in [-0.2, -0.15) is 0 Å². The summed E-state index contributed by atoms with van der Waals surface area (Å²) >= 11 is 0. The van der Waals surface area contributed by atoms with Crippen molar-refractivity contribution in [3.63, 3.8) is 0 Å². The highest BCUT2D eigenvalue weighted by molar-refractivity contribution is 5.56. The third-order valence-electron chi connectivity index (χ3n) is 1.42. The minimum atomic E-state index is -1.79. The van der Waals surface area contributed by atoms with Gasteiger partial charge in [0.05, 0.1) is 6.61 Å². The van der Waals surface area contributed by atoms with Crippen LogP contribution in [0, 0.1) is 0 Å². The monoisotopic (exact) mass is 240 g/mol. The van der Waals surface area contributed by atoms with Gasteiger partial charge >= 0.3 is 0 Å². The van der Waals surface area contributed by atoms with E-state index >= 15 is 0 Å². The van der Waals surface area contributed by atoms with Crippen molar-refractivity contribution in [1.29, 1.82) is 0 Å². The van der Waals surface area contributed by atoms with Crippen LogP contribution in [0.5, 0.6) is 0 Å². The Labute approximate surface area is 93.6 Å². The summed E-state index contributed by atoms with van der Waals surface area (Å²) in [6.07, 6.45) is -7.01. The van der Waals surface area contributed by atoms with Crippen LogP contribution in [0.2, 0.25) is 0 Å². The lowest BCUT2D eigenvalue weighted by atomic mass is 10.0. The molecule has 6 N–H and O–H groups in total. The molecular weight excluding hydrogens is 220 g/mol. The van der Waals surface area contributed by atoms with Crippen molar-refractivity contribution in [2.24, 2.45) is 0 Å². The zero-order valence-electron chi connectivity index (χ0n) is 9.26. The van der Waals surface area contributed by atoms with Crippen LogP contribution in [0.4, 0.5) is 0 Å². The molecule has 0 saturated heterocycles. The molecule has 7 heteroatoms. The van der Waals surface area contributed by atoms with Gasteiger partial charge in [0.15, 0.2) is 6.29 Å². The number of carbonyl (C=O) groups excluding carboxylic acids is 1. The van der Waals surface area contributed by atoms with E-state index in [0.717, 1.165) is 0 Å². The molecular formula is C9H20O7. The van der Waals surface area contributed by atoms with Gasteiger partial charge in [-0.1, -0.05) is 0 Å². The van der Waals surface area contributed by atoms with Gasteiger partial charge in [-0.3, -0.25) is 0 Å². The number of hydrogen-bond acceptors (Lipinski definition) is 7. The van der Waals surface area contributed by atoms with Gasteiger partial charge in [0, 0.05) is 6.10 Å². The second kappa shape index (κ2) is 9.64. The number of aliphatic hydroxyl groups excluding tert-OH is 6. The molecule has 0 rings (SSSR count). The molecule has 0 aliphatic heterocycles. The van der Waals surface area contributed by atoms with E-state index < -0.39 is 31.0 Å². The fourth-order valence-electron chi connectivity index (χ4n) is 0.618. The van der Waals surface area contributed by atoms with Crippen molar-refractivity contribution in [2.45, 2.75) is 44.4 Å². The van der Waals surface area contributed by atoms with Crippen molar-refractivity contribution >= 4 is 6.29 Å². The minimum Gasteiger partial charge on any atom is -0.394 e. The molecule has 0 heterocycles. The molecule has 0 aliphatic rings. The van der Waals surface area contributed by atoms with Crippen molar-refractivity contribution in [2.75, 3.05) is 6.61 Å². The molecule has 0 amide bonds. The van der Waals surface area contributed by atoms with Crippen molar-refractivity contribution < 1.29 is 35.4 Å². The molecule has 0 fully saturated rings. The molecule has 0 aromatic carbocycles. The topological polar surface area (TPSA) is 138 Å². The third-order valence-corrected chi connectivity index (χ3v) is 1.42. The Kier molecular flexibility index (Phi) is 10.7. The van der Waals surface area contributed by atoms with Crippen LogP contribution in [0.3, 0.4) is 0 Å². The van der Waals surface area contributed by atoms with Gasteiger partial charge in [0.25, 0.3) is 0 Å². The van der Waals surface area contributed by atoms with Crippen LogP contribution in [0.1, 0.15) is 13.8 Å². The van der Waals surface area contributed by atoms with E-state index in [1.54, 1.807) is 13.8 Å². The highest BCUT2D eigenvalue weighted by Gasteiger charge is 2.29. The van der Waals surface area contributed by atoms with E-state index in [4.69, 9.17) is 30.6 Å². The average molecular weight is 240 g/mol. The Morgan fingerprint density at radius 1 is 1.00 bits per heavy atom. The van der Waals surface area contributed by atoms with Gasteiger partial charge in [-0.25, -0.2) is 0 Å². The highest BCUT2D eigenvalue weighted by atomic mass is 16.4. The van der Waals surface area contributed by atoms with E-state index in [2.05, 4.69) is 0 Å². The van der Waals surface area contributed by atoms with Crippen LogP contribution in [0.15, 0.2) is 0 Å². The molecule has 0 saturated carbocycles. The Morgan fingerprint density at radius 3 is 1.62 bits per heavy atom. The fraction of sp³-hybridized carbons (Fsp3) is 0.889. The summed E-state index contributed by atoms with van der Waals surface area (Å²) in [7, 11) is 0. The number of carbonyl (C=O) groups is 1. The SMILES string of the molecule is CC(C)O.O=C[C@H](O)[C@@H](O)[C@H](O)[C@H](O)CO. The van der Waals surface area contributed by atoms with Crippen LogP contribution < -0.4 is 0 Å². The van der Waals surface area contributed by atoms with E-state index in [9.17, 15) is 4.79 Å². The second-order valence-corrected chi connectivity index (χ2v) is 3.45. The predicted octanol–water partition coefficient (Wildman–Crippen LogP) is -2.99. The molecule has 16 heavy (non-hydrogen) atoms. The first kappa shape index (κ1) is 17.8. The maximum atomic E-state index is 9.90. The molecule has 0 aliphatic carbocycles. The predicted molar refractivity (Wildman–Crippen MR) is 54.5 cm³/mol. The number of aldehydes is 1. The Hall–Kier alpha value is -0.570. The molecule has 0 bridgehead atoms. The summed E-state index contributed by atoms with van der Waals surface area (Å²) in [4.78, 5) is 9.90. The van der Waals surface area contributed by atoms with Crippen molar-refractivity contribution in [3.8, 4) is 0 Å². The molecule has 0 aromatic rings. The molecule has 0 unspecified atom stereocenters. The molecule has 0 radical (unpaired) electrons. The first-order chi connectivity index (χ1) is 7.27. The zero-order valence-corrected chi connectivity index (χ0v) is 9.26. The zero-order chi connectivity index (χ0) is 13.3.